The maximum Gasteiger partial charge on any atom is 0.164 e. The molecule has 0 radical (unpaired) electrons. The summed E-state index contributed by atoms with van der Waals surface area (Å²) in [4.78, 5) is 4.25. The van der Waals surface area contributed by atoms with Crippen LogP contribution in [0.4, 0.5) is 0 Å². The molecule has 4 nitrogen and oxygen atoms in total. The van der Waals surface area contributed by atoms with E-state index in [-0.39, 0.29) is 0 Å². The minimum Gasteiger partial charge on any atom is -0.307 e. The molecule has 1 rings (SSSR count). The molecule has 2 N–H and O–H groups in total. The molecule has 0 spiro atoms. The lowest BCUT2D eigenvalue weighted by Gasteiger charge is -2.14. The van der Waals surface area contributed by atoms with Gasteiger partial charge in [-0.1, -0.05) is 20.3 Å². The highest BCUT2D eigenvalue weighted by atomic mass is 15.2. The van der Waals surface area contributed by atoms with Crippen molar-refractivity contribution >= 4 is 0 Å². The average molecular weight is 196 g/mol. The third-order valence-corrected chi connectivity index (χ3v) is 2.32. The summed E-state index contributed by atoms with van der Waals surface area (Å²) in [5, 5.41) is 10.4. The molecule has 1 unspecified atom stereocenters. The molecule has 0 saturated carbocycles. The second-order valence-electron chi connectivity index (χ2n) is 3.61. The van der Waals surface area contributed by atoms with Gasteiger partial charge in [0.2, 0.25) is 0 Å². The number of nitrogens with zero attached hydrogens (tertiary/aromatic N) is 2. The summed E-state index contributed by atoms with van der Waals surface area (Å²) >= 11 is 0. The summed E-state index contributed by atoms with van der Waals surface area (Å²) in [6, 6.07) is 0.596. The lowest BCUT2D eigenvalue weighted by Crippen LogP contribution is -2.28. The predicted octanol–water partition coefficient (Wildman–Crippen LogP) is 1.78. The number of aryl methyl sites for hydroxylation is 1. The molecule has 0 saturated heterocycles. The second kappa shape index (κ2) is 5.75. The Morgan fingerprint density at radius 3 is 2.71 bits per heavy atom. The Hall–Kier alpha value is -0.900. The molecule has 1 aromatic heterocycles. The van der Waals surface area contributed by atoms with Crippen LogP contribution in [-0.4, -0.2) is 21.2 Å². The summed E-state index contributed by atoms with van der Waals surface area (Å²) in [5.41, 5.74) is 0. The number of hydrogen-bond donors (Lipinski definition) is 2. The molecule has 0 bridgehead atoms. The van der Waals surface area contributed by atoms with Crippen LogP contribution in [0.25, 0.3) is 0 Å². The van der Waals surface area contributed by atoms with E-state index < -0.39 is 0 Å². The van der Waals surface area contributed by atoms with Crippen LogP contribution in [0.2, 0.25) is 0 Å². The molecular weight excluding hydrogens is 176 g/mol. The molecular formula is C10H20N4. The number of nitrogens with one attached hydrogen (secondary N) is 2. The third kappa shape index (κ3) is 3.46. The first kappa shape index (κ1) is 11.2. The van der Waals surface area contributed by atoms with Crippen LogP contribution in [-0.2, 0) is 6.54 Å². The smallest absolute Gasteiger partial charge is 0.164 e. The van der Waals surface area contributed by atoms with Gasteiger partial charge in [0, 0.05) is 6.04 Å². The van der Waals surface area contributed by atoms with Gasteiger partial charge < -0.3 is 5.32 Å². The summed E-state index contributed by atoms with van der Waals surface area (Å²) in [7, 11) is 0. The van der Waals surface area contributed by atoms with Crippen molar-refractivity contribution in [3.05, 3.63) is 11.6 Å². The molecule has 14 heavy (non-hydrogen) atoms. The maximum absolute atomic E-state index is 4.25. The van der Waals surface area contributed by atoms with Crippen molar-refractivity contribution in [2.24, 2.45) is 0 Å². The van der Waals surface area contributed by atoms with E-state index in [4.69, 9.17) is 0 Å². The molecule has 0 aromatic carbocycles. The normalized spacial score (nSPS) is 13.1. The summed E-state index contributed by atoms with van der Waals surface area (Å²) in [6.45, 7) is 7.10. The zero-order valence-corrected chi connectivity index (χ0v) is 9.30. The standard InChI is InChI=1S/C10H20N4/c1-4-6-9(5-2)11-7-10-12-8(3)13-14-10/h9,11H,4-7H2,1-3H3,(H,12,13,14). The Bertz CT molecular complexity index is 256. The molecule has 0 aliphatic heterocycles. The van der Waals surface area contributed by atoms with Crippen molar-refractivity contribution in [3.8, 4) is 0 Å². The molecule has 1 aromatic rings. The number of H-pyrrole nitrogens is 1. The summed E-state index contributed by atoms with van der Waals surface area (Å²) in [5.74, 6) is 1.74. The first-order chi connectivity index (χ1) is 6.76. The van der Waals surface area contributed by atoms with Crippen LogP contribution in [0.15, 0.2) is 0 Å². The van der Waals surface area contributed by atoms with E-state index in [9.17, 15) is 0 Å². The van der Waals surface area contributed by atoms with Gasteiger partial charge in [0.1, 0.15) is 5.82 Å². The zero-order valence-electron chi connectivity index (χ0n) is 9.30. The van der Waals surface area contributed by atoms with Crippen molar-refractivity contribution in [3.63, 3.8) is 0 Å². The van der Waals surface area contributed by atoms with Crippen molar-refractivity contribution in [1.29, 1.82) is 0 Å². The van der Waals surface area contributed by atoms with E-state index in [1.807, 2.05) is 6.92 Å². The Morgan fingerprint density at radius 2 is 2.21 bits per heavy atom. The Labute approximate surface area is 85.5 Å². The molecule has 0 aliphatic rings. The summed E-state index contributed by atoms with van der Waals surface area (Å²) in [6.07, 6.45) is 3.61. The molecule has 4 heteroatoms. The maximum atomic E-state index is 4.25. The largest absolute Gasteiger partial charge is 0.307 e. The zero-order chi connectivity index (χ0) is 10.4. The van der Waals surface area contributed by atoms with Gasteiger partial charge in [-0.3, -0.25) is 5.10 Å². The van der Waals surface area contributed by atoms with E-state index in [2.05, 4.69) is 34.3 Å². The van der Waals surface area contributed by atoms with Crippen LogP contribution in [0, 0.1) is 6.92 Å². The predicted molar refractivity (Wildman–Crippen MR) is 56.9 cm³/mol. The number of hydrogen-bond acceptors (Lipinski definition) is 3. The van der Waals surface area contributed by atoms with Gasteiger partial charge in [0.15, 0.2) is 5.82 Å². The number of aromatic amines is 1. The van der Waals surface area contributed by atoms with Crippen molar-refractivity contribution in [1.82, 2.24) is 20.5 Å². The lowest BCUT2D eigenvalue weighted by molar-refractivity contribution is 0.456. The van der Waals surface area contributed by atoms with Gasteiger partial charge in [-0.15, -0.1) is 0 Å². The number of aromatic nitrogens is 3. The highest BCUT2D eigenvalue weighted by Gasteiger charge is 2.05. The van der Waals surface area contributed by atoms with E-state index in [0.717, 1.165) is 24.6 Å². The van der Waals surface area contributed by atoms with E-state index in [0.29, 0.717) is 6.04 Å². The third-order valence-electron chi connectivity index (χ3n) is 2.32. The highest BCUT2D eigenvalue weighted by molar-refractivity contribution is 4.87. The minimum atomic E-state index is 0.596. The van der Waals surface area contributed by atoms with E-state index >= 15 is 0 Å². The Morgan fingerprint density at radius 1 is 1.43 bits per heavy atom. The van der Waals surface area contributed by atoms with Crippen molar-refractivity contribution in [2.75, 3.05) is 0 Å². The topological polar surface area (TPSA) is 53.6 Å². The molecule has 0 aliphatic carbocycles. The van der Waals surface area contributed by atoms with Crippen LogP contribution in [0.5, 0.6) is 0 Å². The fraction of sp³-hybridized carbons (Fsp3) is 0.800. The van der Waals surface area contributed by atoms with Crippen LogP contribution >= 0.6 is 0 Å². The SMILES string of the molecule is CCCC(CC)NCc1n[nH]c(C)n1. The van der Waals surface area contributed by atoms with Crippen LogP contribution in [0.3, 0.4) is 0 Å². The monoisotopic (exact) mass is 196 g/mol. The fourth-order valence-electron chi connectivity index (χ4n) is 1.50. The Kier molecular flexibility index (Phi) is 4.59. The van der Waals surface area contributed by atoms with Crippen molar-refractivity contribution < 1.29 is 0 Å². The molecule has 0 amide bonds. The van der Waals surface area contributed by atoms with E-state index in [1.54, 1.807) is 0 Å². The Balaban J connectivity index is 2.31. The van der Waals surface area contributed by atoms with E-state index in [1.165, 1.54) is 12.8 Å². The summed E-state index contributed by atoms with van der Waals surface area (Å²) < 4.78 is 0. The van der Waals surface area contributed by atoms with Gasteiger partial charge in [0.25, 0.3) is 0 Å². The quantitative estimate of drug-likeness (QED) is 0.729. The second-order valence-corrected chi connectivity index (χ2v) is 3.61. The fourth-order valence-corrected chi connectivity index (χ4v) is 1.50. The van der Waals surface area contributed by atoms with Crippen LogP contribution in [0.1, 0.15) is 44.8 Å². The van der Waals surface area contributed by atoms with Gasteiger partial charge in [0.05, 0.1) is 6.54 Å². The average Bonchev–Trinajstić information content (AvgIpc) is 2.59. The van der Waals surface area contributed by atoms with Crippen LogP contribution < -0.4 is 5.32 Å². The van der Waals surface area contributed by atoms with Gasteiger partial charge in [-0.05, 0) is 19.8 Å². The minimum absolute atomic E-state index is 0.596. The van der Waals surface area contributed by atoms with Crippen molar-refractivity contribution in [2.45, 2.75) is 52.6 Å². The van der Waals surface area contributed by atoms with Gasteiger partial charge >= 0.3 is 0 Å². The van der Waals surface area contributed by atoms with Gasteiger partial charge in [-0.25, -0.2) is 4.98 Å². The number of rotatable bonds is 6. The molecule has 1 atom stereocenters. The first-order valence-electron chi connectivity index (χ1n) is 5.37. The molecule has 80 valence electrons. The first-order valence-corrected chi connectivity index (χ1v) is 5.37. The highest BCUT2D eigenvalue weighted by Crippen LogP contribution is 2.01. The van der Waals surface area contributed by atoms with Gasteiger partial charge in [-0.2, -0.15) is 5.10 Å². The lowest BCUT2D eigenvalue weighted by atomic mass is 10.1. The molecule has 1 heterocycles. The molecule has 0 fully saturated rings.